The van der Waals surface area contributed by atoms with Crippen molar-refractivity contribution in [2.24, 2.45) is 0 Å². The van der Waals surface area contributed by atoms with E-state index in [9.17, 15) is 4.79 Å². The highest BCUT2D eigenvalue weighted by Gasteiger charge is 2.20. The average molecular weight is 237 g/mol. The van der Waals surface area contributed by atoms with Gasteiger partial charge in [-0.15, -0.1) is 0 Å². The first-order chi connectivity index (χ1) is 7.74. The van der Waals surface area contributed by atoms with Gasteiger partial charge in [0.05, 0.1) is 18.4 Å². The van der Waals surface area contributed by atoms with E-state index in [2.05, 4.69) is 0 Å². The van der Waals surface area contributed by atoms with E-state index in [-0.39, 0.29) is 5.97 Å². The lowest BCUT2D eigenvalue weighted by molar-refractivity contribution is 0.00685. The number of esters is 1. The van der Waals surface area contributed by atoms with Crippen LogP contribution >= 0.6 is 0 Å². The third kappa shape index (κ3) is 3.37. The molecule has 0 unspecified atom stereocenters. The normalized spacial score (nSPS) is 11.1. The molecule has 0 aromatic heterocycles. The minimum absolute atomic E-state index is 0.367. The van der Waals surface area contributed by atoms with Crippen LogP contribution in [-0.2, 0) is 4.74 Å². The van der Waals surface area contributed by atoms with Gasteiger partial charge in [0.2, 0.25) is 0 Å². The van der Waals surface area contributed by atoms with Crippen LogP contribution in [0, 0.1) is 6.92 Å². The summed E-state index contributed by atoms with van der Waals surface area (Å²) in [5.74, 6) is 0.116. The van der Waals surface area contributed by atoms with E-state index in [1.165, 1.54) is 7.11 Å². The third-order valence-electron chi connectivity index (χ3n) is 2.20. The number of nitrogen functional groups attached to an aromatic ring is 1. The number of nitrogens with two attached hydrogens (primary N) is 1. The van der Waals surface area contributed by atoms with E-state index in [4.69, 9.17) is 15.2 Å². The molecular weight excluding hydrogens is 218 g/mol. The van der Waals surface area contributed by atoms with Crippen LogP contribution in [0.1, 0.15) is 36.7 Å². The maximum Gasteiger partial charge on any atom is 0.339 e. The zero-order chi connectivity index (χ0) is 13.2. The molecule has 4 heteroatoms. The lowest BCUT2D eigenvalue weighted by Gasteiger charge is -2.20. The molecule has 4 nitrogen and oxygen atoms in total. The highest BCUT2D eigenvalue weighted by Crippen LogP contribution is 2.26. The standard InChI is InChI=1S/C13H19NO3/c1-8-6-10(14)11(16-5)7-9(8)12(15)17-13(2,3)4/h6-7H,14H2,1-5H3. The fourth-order valence-electron chi connectivity index (χ4n) is 1.44. The molecule has 1 aromatic rings. The van der Waals surface area contributed by atoms with Gasteiger partial charge in [0.1, 0.15) is 11.4 Å². The van der Waals surface area contributed by atoms with Gasteiger partial charge in [-0.3, -0.25) is 0 Å². The molecule has 0 aliphatic carbocycles. The molecule has 0 aliphatic rings. The van der Waals surface area contributed by atoms with Crippen LogP contribution in [0.5, 0.6) is 5.75 Å². The fraction of sp³-hybridized carbons (Fsp3) is 0.462. The lowest BCUT2D eigenvalue weighted by Crippen LogP contribution is -2.24. The Labute approximate surface area is 102 Å². The Morgan fingerprint density at radius 1 is 1.29 bits per heavy atom. The highest BCUT2D eigenvalue weighted by atomic mass is 16.6. The molecule has 1 aromatic carbocycles. The first-order valence-corrected chi connectivity index (χ1v) is 5.42. The predicted molar refractivity (Wildman–Crippen MR) is 67.3 cm³/mol. The average Bonchev–Trinajstić information content (AvgIpc) is 2.14. The smallest absolute Gasteiger partial charge is 0.339 e. The molecule has 1 rings (SSSR count). The van der Waals surface area contributed by atoms with Crippen molar-refractivity contribution in [3.63, 3.8) is 0 Å². The molecule has 0 amide bonds. The Morgan fingerprint density at radius 3 is 2.35 bits per heavy atom. The topological polar surface area (TPSA) is 61.5 Å². The molecular formula is C13H19NO3. The third-order valence-corrected chi connectivity index (χ3v) is 2.20. The number of rotatable bonds is 2. The number of carbonyl (C=O) groups excluding carboxylic acids is 1. The van der Waals surface area contributed by atoms with E-state index in [1.807, 2.05) is 27.7 Å². The van der Waals surface area contributed by atoms with Crippen molar-refractivity contribution in [2.75, 3.05) is 12.8 Å². The molecule has 2 N–H and O–H groups in total. The van der Waals surface area contributed by atoms with Gasteiger partial charge in [-0.1, -0.05) is 0 Å². The molecule has 0 bridgehead atoms. The molecule has 17 heavy (non-hydrogen) atoms. The van der Waals surface area contributed by atoms with Gasteiger partial charge in [-0.25, -0.2) is 4.79 Å². The quantitative estimate of drug-likeness (QED) is 0.634. The van der Waals surface area contributed by atoms with Crippen molar-refractivity contribution in [2.45, 2.75) is 33.3 Å². The lowest BCUT2D eigenvalue weighted by atomic mass is 10.1. The van der Waals surface area contributed by atoms with E-state index in [1.54, 1.807) is 12.1 Å². The van der Waals surface area contributed by atoms with Crippen molar-refractivity contribution in [1.82, 2.24) is 0 Å². The largest absolute Gasteiger partial charge is 0.495 e. The van der Waals surface area contributed by atoms with Gasteiger partial charge in [-0.2, -0.15) is 0 Å². The summed E-state index contributed by atoms with van der Waals surface area (Å²) >= 11 is 0. The summed E-state index contributed by atoms with van der Waals surface area (Å²) in [4.78, 5) is 11.9. The molecule has 0 spiro atoms. The maximum atomic E-state index is 11.9. The van der Waals surface area contributed by atoms with Gasteiger partial charge < -0.3 is 15.2 Å². The number of aryl methyl sites for hydroxylation is 1. The molecule has 0 aliphatic heterocycles. The minimum atomic E-state index is -0.516. The maximum absolute atomic E-state index is 11.9. The van der Waals surface area contributed by atoms with Crippen molar-refractivity contribution in [1.29, 1.82) is 0 Å². The van der Waals surface area contributed by atoms with Gasteiger partial charge in [0.25, 0.3) is 0 Å². The van der Waals surface area contributed by atoms with Gasteiger partial charge in [-0.05, 0) is 45.4 Å². The number of hydrogen-bond acceptors (Lipinski definition) is 4. The van der Waals surface area contributed by atoms with Gasteiger partial charge >= 0.3 is 5.97 Å². The van der Waals surface area contributed by atoms with Gasteiger partial charge in [0.15, 0.2) is 0 Å². The van der Waals surface area contributed by atoms with E-state index in [0.29, 0.717) is 17.0 Å². The Morgan fingerprint density at radius 2 is 1.88 bits per heavy atom. The summed E-state index contributed by atoms with van der Waals surface area (Å²) < 4.78 is 10.4. The molecule has 0 heterocycles. The molecule has 0 saturated heterocycles. The minimum Gasteiger partial charge on any atom is -0.495 e. The monoisotopic (exact) mass is 237 g/mol. The first kappa shape index (κ1) is 13.4. The molecule has 0 radical (unpaired) electrons. The number of hydrogen-bond donors (Lipinski definition) is 1. The second kappa shape index (κ2) is 4.65. The van der Waals surface area contributed by atoms with Gasteiger partial charge in [0, 0.05) is 0 Å². The van der Waals surface area contributed by atoms with E-state index in [0.717, 1.165) is 5.56 Å². The van der Waals surface area contributed by atoms with Crippen molar-refractivity contribution >= 4 is 11.7 Å². The van der Waals surface area contributed by atoms with Crippen LogP contribution in [0.25, 0.3) is 0 Å². The number of benzene rings is 1. The van der Waals surface area contributed by atoms with Crippen LogP contribution in [0.2, 0.25) is 0 Å². The van der Waals surface area contributed by atoms with Crippen molar-refractivity contribution in [3.8, 4) is 5.75 Å². The number of carbonyl (C=O) groups is 1. The molecule has 94 valence electrons. The summed E-state index contributed by atoms with van der Waals surface area (Å²) in [7, 11) is 1.51. The zero-order valence-electron chi connectivity index (χ0n) is 11.0. The van der Waals surface area contributed by atoms with Crippen LogP contribution < -0.4 is 10.5 Å². The summed E-state index contributed by atoms with van der Waals surface area (Å²) in [5, 5.41) is 0. The van der Waals surface area contributed by atoms with E-state index >= 15 is 0 Å². The van der Waals surface area contributed by atoms with Crippen LogP contribution in [0.15, 0.2) is 12.1 Å². The number of ether oxygens (including phenoxy) is 2. The number of anilines is 1. The predicted octanol–water partition coefficient (Wildman–Crippen LogP) is 2.54. The van der Waals surface area contributed by atoms with Crippen LogP contribution in [-0.4, -0.2) is 18.7 Å². The summed E-state index contributed by atoms with van der Waals surface area (Å²) in [6.07, 6.45) is 0. The van der Waals surface area contributed by atoms with E-state index < -0.39 is 5.60 Å². The SMILES string of the molecule is COc1cc(C(=O)OC(C)(C)C)c(C)cc1N. The Hall–Kier alpha value is -1.71. The summed E-state index contributed by atoms with van der Waals surface area (Å²) in [6, 6.07) is 3.32. The second-order valence-electron chi connectivity index (χ2n) is 4.91. The zero-order valence-corrected chi connectivity index (χ0v) is 11.0. The Balaban J connectivity index is 3.10. The van der Waals surface area contributed by atoms with Crippen molar-refractivity contribution in [3.05, 3.63) is 23.3 Å². The second-order valence-corrected chi connectivity index (χ2v) is 4.91. The van der Waals surface area contributed by atoms with Crippen LogP contribution in [0.3, 0.4) is 0 Å². The molecule has 0 atom stereocenters. The number of methoxy groups -OCH3 is 1. The summed E-state index contributed by atoms with van der Waals surface area (Å²) in [5.41, 5.74) is 7.00. The highest BCUT2D eigenvalue weighted by molar-refractivity contribution is 5.92. The molecule has 0 fully saturated rings. The summed E-state index contributed by atoms with van der Waals surface area (Å²) in [6.45, 7) is 7.30. The fourth-order valence-corrected chi connectivity index (χ4v) is 1.44. The Kier molecular flexibility index (Phi) is 3.66. The van der Waals surface area contributed by atoms with Crippen LogP contribution in [0.4, 0.5) is 5.69 Å². The Bertz CT molecular complexity index is 433. The molecule has 0 saturated carbocycles. The van der Waals surface area contributed by atoms with Crippen molar-refractivity contribution < 1.29 is 14.3 Å². The first-order valence-electron chi connectivity index (χ1n) is 5.42.